The Hall–Kier alpha value is 0.700. The Morgan fingerprint density at radius 2 is 1.20 bits per heavy atom. The van der Waals surface area contributed by atoms with Crippen molar-refractivity contribution >= 4 is 31.9 Å². The van der Waals surface area contributed by atoms with Crippen LogP contribution in [0.5, 0.6) is 0 Å². The minimum Gasteiger partial charge on any atom is -0.0971 e. The Kier molecular flexibility index (Phi) is 3.19. The number of hydrogen-bond donors (Lipinski definition) is 0. The molecule has 0 bridgehead atoms. The maximum Gasteiger partial charge on any atom is 0.0420 e. The standard InChI is InChI=1S/C8H14Br2/c1-6(7(2,3)9)8(4,5)10/h1H2,2-5H3. The molecule has 0 atom stereocenters. The number of alkyl halides is 2. The Morgan fingerprint density at radius 1 is 1.00 bits per heavy atom. The topological polar surface area (TPSA) is 0 Å². The molecule has 0 saturated heterocycles. The molecule has 0 nitrogen and oxygen atoms in total. The minimum absolute atomic E-state index is 0.0139. The van der Waals surface area contributed by atoms with Crippen LogP contribution < -0.4 is 0 Å². The maximum atomic E-state index is 4.00. The number of halogens is 2. The average Bonchev–Trinajstić information content (AvgIpc) is 1.59. The first-order valence-electron chi connectivity index (χ1n) is 3.23. The molecule has 0 amide bonds. The van der Waals surface area contributed by atoms with E-state index >= 15 is 0 Å². The maximum absolute atomic E-state index is 4.00. The van der Waals surface area contributed by atoms with E-state index in [4.69, 9.17) is 0 Å². The van der Waals surface area contributed by atoms with Crippen LogP contribution in [0.4, 0.5) is 0 Å². The highest BCUT2D eigenvalue weighted by atomic mass is 79.9. The molecule has 0 rings (SSSR count). The Balaban J connectivity index is 4.40. The molecule has 0 unspecified atom stereocenters. The lowest BCUT2D eigenvalue weighted by Crippen LogP contribution is -2.26. The molecule has 0 aliphatic rings. The molecular formula is C8H14Br2. The predicted octanol–water partition coefficient (Wildman–Crippen LogP) is 3.89. The highest BCUT2D eigenvalue weighted by Crippen LogP contribution is 2.37. The van der Waals surface area contributed by atoms with Gasteiger partial charge in [0, 0.05) is 8.65 Å². The first-order chi connectivity index (χ1) is 4.15. The molecule has 2 heteroatoms. The highest BCUT2D eigenvalue weighted by Gasteiger charge is 2.28. The molecule has 0 fully saturated rings. The molecule has 0 saturated carbocycles. The molecule has 0 heterocycles. The zero-order chi connectivity index (χ0) is 8.58. The summed E-state index contributed by atoms with van der Waals surface area (Å²) in [6.45, 7) is 12.4. The fraction of sp³-hybridized carbons (Fsp3) is 0.750. The summed E-state index contributed by atoms with van der Waals surface area (Å²) in [5.41, 5.74) is 1.15. The van der Waals surface area contributed by atoms with Gasteiger partial charge in [0.2, 0.25) is 0 Å². The predicted molar refractivity (Wildman–Crippen MR) is 55.2 cm³/mol. The third kappa shape index (κ3) is 3.20. The molecule has 60 valence electrons. The SMILES string of the molecule is C=C(C(C)(C)Br)C(C)(C)Br. The molecule has 0 N–H and O–H groups in total. The zero-order valence-corrected chi connectivity index (χ0v) is 10.1. The minimum atomic E-state index is 0.0139. The van der Waals surface area contributed by atoms with E-state index in [1.54, 1.807) is 0 Å². The summed E-state index contributed by atoms with van der Waals surface area (Å²) in [5, 5.41) is 0. The summed E-state index contributed by atoms with van der Waals surface area (Å²) >= 11 is 7.10. The van der Waals surface area contributed by atoms with Crippen molar-refractivity contribution in [2.45, 2.75) is 36.3 Å². The van der Waals surface area contributed by atoms with Crippen molar-refractivity contribution < 1.29 is 0 Å². The summed E-state index contributed by atoms with van der Waals surface area (Å²) in [6.07, 6.45) is 0. The molecule has 0 aromatic rings. The summed E-state index contributed by atoms with van der Waals surface area (Å²) < 4.78 is 0.0278. The quantitative estimate of drug-likeness (QED) is 0.527. The zero-order valence-electron chi connectivity index (χ0n) is 6.96. The van der Waals surface area contributed by atoms with Gasteiger partial charge in [-0.05, 0) is 33.3 Å². The van der Waals surface area contributed by atoms with Gasteiger partial charge in [-0.3, -0.25) is 0 Å². The van der Waals surface area contributed by atoms with E-state index in [0.717, 1.165) is 5.57 Å². The van der Waals surface area contributed by atoms with Crippen molar-refractivity contribution in [2.75, 3.05) is 0 Å². The first-order valence-corrected chi connectivity index (χ1v) is 4.82. The van der Waals surface area contributed by atoms with Crippen LogP contribution in [-0.2, 0) is 0 Å². The van der Waals surface area contributed by atoms with E-state index < -0.39 is 0 Å². The van der Waals surface area contributed by atoms with Crippen molar-refractivity contribution in [1.29, 1.82) is 0 Å². The van der Waals surface area contributed by atoms with Crippen molar-refractivity contribution in [3.05, 3.63) is 12.2 Å². The van der Waals surface area contributed by atoms with Gasteiger partial charge in [-0.1, -0.05) is 38.4 Å². The Bertz CT molecular complexity index is 118. The molecule has 0 aliphatic carbocycles. The van der Waals surface area contributed by atoms with E-state index in [-0.39, 0.29) is 8.65 Å². The van der Waals surface area contributed by atoms with Gasteiger partial charge >= 0.3 is 0 Å². The second-order valence-corrected chi connectivity index (χ2v) is 7.39. The lowest BCUT2D eigenvalue weighted by atomic mass is 9.94. The van der Waals surface area contributed by atoms with Crippen LogP contribution in [0.1, 0.15) is 27.7 Å². The first kappa shape index (κ1) is 10.7. The van der Waals surface area contributed by atoms with E-state index in [9.17, 15) is 0 Å². The number of hydrogen-bond acceptors (Lipinski definition) is 0. The van der Waals surface area contributed by atoms with Crippen LogP contribution in [0, 0.1) is 0 Å². The fourth-order valence-electron chi connectivity index (χ4n) is 0.707. The Labute approximate surface area is 80.3 Å². The largest absolute Gasteiger partial charge is 0.0971 e. The second kappa shape index (κ2) is 2.98. The van der Waals surface area contributed by atoms with E-state index in [1.165, 1.54) is 0 Å². The van der Waals surface area contributed by atoms with Gasteiger partial charge in [-0.2, -0.15) is 0 Å². The molecular weight excluding hydrogens is 256 g/mol. The highest BCUT2D eigenvalue weighted by molar-refractivity contribution is 9.10. The fourth-order valence-corrected chi connectivity index (χ4v) is 1.96. The van der Waals surface area contributed by atoms with Gasteiger partial charge < -0.3 is 0 Å². The third-order valence-electron chi connectivity index (χ3n) is 1.44. The molecule has 10 heavy (non-hydrogen) atoms. The van der Waals surface area contributed by atoms with Crippen LogP contribution in [0.25, 0.3) is 0 Å². The van der Waals surface area contributed by atoms with Crippen LogP contribution in [0.3, 0.4) is 0 Å². The van der Waals surface area contributed by atoms with Gasteiger partial charge in [0.1, 0.15) is 0 Å². The van der Waals surface area contributed by atoms with Crippen molar-refractivity contribution in [3.8, 4) is 0 Å². The summed E-state index contributed by atoms with van der Waals surface area (Å²) in [6, 6.07) is 0. The summed E-state index contributed by atoms with van der Waals surface area (Å²) in [7, 11) is 0. The van der Waals surface area contributed by atoms with Crippen LogP contribution in [0.2, 0.25) is 0 Å². The summed E-state index contributed by atoms with van der Waals surface area (Å²) in [5.74, 6) is 0. The number of allylic oxidation sites excluding steroid dienone is 1. The number of rotatable bonds is 2. The van der Waals surface area contributed by atoms with E-state index in [0.29, 0.717) is 0 Å². The van der Waals surface area contributed by atoms with E-state index in [2.05, 4.69) is 66.1 Å². The van der Waals surface area contributed by atoms with Crippen LogP contribution in [0.15, 0.2) is 12.2 Å². The molecule has 0 aliphatic heterocycles. The molecule has 0 aromatic carbocycles. The molecule has 0 spiro atoms. The van der Waals surface area contributed by atoms with Crippen LogP contribution >= 0.6 is 31.9 Å². The van der Waals surface area contributed by atoms with Gasteiger partial charge in [-0.15, -0.1) is 0 Å². The van der Waals surface area contributed by atoms with Crippen molar-refractivity contribution in [3.63, 3.8) is 0 Å². The smallest absolute Gasteiger partial charge is 0.0420 e. The molecule has 0 radical (unpaired) electrons. The van der Waals surface area contributed by atoms with E-state index in [1.807, 2.05) is 0 Å². The van der Waals surface area contributed by atoms with Gasteiger partial charge in [-0.25, -0.2) is 0 Å². The normalized spacial score (nSPS) is 13.4. The van der Waals surface area contributed by atoms with Crippen molar-refractivity contribution in [2.24, 2.45) is 0 Å². The molecule has 0 aromatic heterocycles. The monoisotopic (exact) mass is 268 g/mol. The lowest BCUT2D eigenvalue weighted by Gasteiger charge is -2.29. The average molecular weight is 270 g/mol. The third-order valence-corrected chi connectivity index (χ3v) is 2.39. The summed E-state index contributed by atoms with van der Waals surface area (Å²) in [4.78, 5) is 0. The lowest BCUT2D eigenvalue weighted by molar-refractivity contribution is 0.723. The second-order valence-electron chi connectivity index (χ2n) is 3.42. The van der Waals surface area contributed by atoms with Crippen molar-refractivity contribution in [1.82, 2.24) is 0 Å². The van der Waals surface area contributed by atoms with Gasteiger partial charge in [0.15, 0.2) is 0 Å². The van der Waals surface area contributed by atoms with Gasteiger partial charge in [0.25, 0.3) is 0 Å². The van der Waals surface area contributed by atoms with Gasteiger partial charge in [0.05, 0.1) is 0 Å². The Morgan fingerprint density at radius 3 is 1.20 bits per heavy atom. The van der Waals surface area contributed by atoms with Crippen LogP contribution in [-0.4, -0.2) is 8.65 Å².